The number of carbonyl (C=O) groups is 1. The molecule has 5 nitrogen and oxygen atoms in total. The molecule has 0 radical (unpaired) electrons. The van der Waals surface area contributed by atoms with Crippen LogP contribution in [0.1, 0.15) is 32.6 Å². The van der Waals surface area contributed by atoms with Crippen molar-refractivity contribution in [2.75, 3.05) is 24.6 Å². The fraction of sp³-hybridized carbons (Fsp3) is 0.909. The highest BCUT2D eigenvalue weighted by Gasteiger charge is 2.26. The molecule has 1 heterocycles. The molecule has 2 N–H and O–H groups in total. The Balaban J connectivity index is 2.00. The Kier molecular flexibility index (Phi) is 5.91. The van der Waals surface area contributed by atoms with Gasteiger partial charge < -0.3 is 10.6 Å². The zero-order valence-corrected chi connectivity index (χ0v) is 11.2. The van der Waals surface area contributed by atoms with E-state index in [-0.39, 0.29) is 17.7 Å². The molecule has 0 aliphatic carbocycles. The van der Waals surface area contributed by atoms with Gasteiger partial charge in [-0.1, -0.05) is 6.92 Å². The van der Waals surface area contributed by atoms with Gasteiger partial charge in [-0.05, 0) is 25.8 Å². The summed E-state index contributed by atoms with van der Waals surface area (Å²) in [7, 11) is -2.79. The van der Waals surface area contributed by atoms with Crippen molar-refractivity contribution in [3.8, 4) is 0 Å². The lowest BCUT2D eigenvalue weighted by atomic mass is 10.2. The van der Waals surface area contributed by atoms with Crippen LogP contribution in [0.3, 0.4) is 0 Å². The van der Waals surface area contributed by atoms with Crippen LogP contribution in [0.2, 0.25) is 0 Å². The molecule has 1 rings (SSSR count). The van der Waals surface area contributed by atoms with Crippen molar-refractivity contribution in [2.45, 2.75) is 38.6 Å². The Morgan fingerprint density at radius 1 is 1.35 bits per heavy atom. The summed E-state index contributed by atoms with van der Waals surface area (Å²) in [5.41, 5.74) is 0. The molecule has 0 aromatic carbocycles. The number of hydrogen-bond acceptors (Lipinski definition) is 4. The van der Waals surface area contributed by atoms with Gasteiger partial charge in [-0.15, -0.1) is 0 Å². The summed E-state index contributed by atoms with van der Waals surface area (Å²) in [6, 6.07) is 0.103. The lowest BCUT2D eigenvalue weighted by Gasteiger charge is -2.10. The first-order chi connectivity index (χ1) is 8.03. The molecule has 1 saturated heterocycles. The lowest BCUT2D eigenvalue weighted by molar-refractivity contribution is -0.121. The first-order valence-electron chi connectivity index (χ1n) is 6.24. The maximum Gasteiger partial charge on any atom is 0.219 e. The third-order valence-corrected chi connectivity index (χ3v) is 4.59. The minimum Gasteiger partial charge on any atom is -0.356 e. The molecular weight excluding hydrogens is 240 g/mol. The number of rotatable bonds is 7. The minimum absolute atomic E-state index is 0.0935. The maximum absolute atomic E-state index is 11.2. The molecule has 0 bridgehead atoms. The highest BCUT2D eigenvalue weighted by Crippen LogP contribution is 2.10. The summed E-state index contributed by atoms with van der Waals surface area (Å²) in [5.74, 6) is 0.656. The number of amides is 1. The van der Waals surface area contributed by atoms with Crippen LogP contribution in [0.5, 0.6) is 0 Å². The van der Waals surface area contributed by atoms with Crippen molar-refractivity contribution in [1.29, 1.82) is 0 Å². The predicted molar refractivity (Wildman–Crippen MR) is 67.6 cm³/mol. The molecule has 1 fully saturated rings. The maximum atomic E-state index is 11.2. The van der Waals surface area contributed by atoms with E-state index in [9.17, 15) is 13.2 Å². The van der Waals surface area contributed by atoms with Gasteiger partial charge in [0.25, 0.3) is 0 Å². The van der Waals surface area contributed by atoms with Crippen molar-refractivity contribution in [3.05, 3.63) is 0 Å². The molecule has 100 valence electrons. The highest BCUT2D eigenvalue weighted by atomic mass is 32.2. The van der Waals surface area contributed by atoms with Gasteiger partial charge in [0.15, 0.2) is 9.84 Å². The van der Waals surface area contributed by atoms with Crippen LogP contribution in [-0.4, -0.2) is 45.0 Å². The van der Waals surface area contributed by atoms with Crippen LogP contribution < -0.4 is 10.6 Å². The molecule has 0 aromatic rings. The van der Waals surface area contributed by atoms with E-state index in [2.05, 4.69) is 10.6 Å². The summed E-state index contributed by atoms with van der Waals surface area (Å²) >= 11 is 0. The Morgan fingerprint density at radius 2 is 2.12 bits per heavy atom. The second-order valence-corrected chi connectivity index (χ2v) is 6.74. The van der Waals surface area contributed by atoms with Gasteiger partial charge in [-0.3, -0.25) is 4.79 Å². The van der Waals surface area contributed by atoms with E-state index in [0.29, 0.717) is 25.1 Å². The molecule has 1 atom stereocenters. The summed E-state index contributed by atoms with van der Waals surface area (Å²) < 4.78 is 22.4. The standard InChI is InChI=1S/C11H22N2O3S/c1-2-4-11(14)13-7-3-6-12-10-5-8-17(15,16)9-10/h10,12H,2-9H2,1H3,(H,13,14). The number of hydrogen-bond donors (Lipinski definition) is 2. The fourth-order valence-electron chi connectivity index (χ4n) is 1.89. The third kappa shape index (κ3) is 6.02. The van der Waals surface area contributed by atoms with E-state index < -0.39 is 9.84 Å². The molecular formula is C11H22N2O3S. The smallest absolute Gasteiger partial charge is 0.219 e. The van der Waals surface area contributed by atoms with Crippen LogP contribution >= 0.6 is 0 Å². The van der Waals surface area contributed by atoms with Crippen molar-refractivity contribution in [2.24, 2.45) is 0 Å². The molecule has 0 saturated carbocycles. The van der Waals surface area contributed by atoms with Crippen LogP contribution in [0, 0.1) is 0 Å². The van der Waals surface area contributed by atoms with E-state index >= 15 is 0 Å². The van der Waals surface area contributed by atoms with Crippen LogP contribution in [0.4, 0.5) is 0 Å². The second kappa shape index (κ2) is 6.96. The van der Waals surface area contributed by atoms with Crippen LogP contribution in [-0.2, 0) is 14.6 Å². The predicted octanol–water partition coefficient (Wildman–Crippen LogP) is 0.0695. The zero-order valence-electron chi connectivity index (χ0n) is 10.4. The summed E-state index contributed by atoms with van der Waals surface area (Å²) in [5, 5.41) is 6.04. The van der Waals surface area contributed by atoms with Crippen LogP contribution in [0.15, 0.2) is 0 Å². The fourth-order valence-corrected chi connectivity index (χ4v) is 3.60. The second-order valence-electron chi connectivity index (χ2n) is 4.51. The first-order valence-corrected chi connectivity index (χ1v) is 8.06. The van der Waals surface area contributed by atoms with Gasteiger partial charge in [-0.25, -0.2) is 8.42 Å². The molecule has 1 unspecified atom stereocenters. The van der Waals surface area contributed by atoms with Crippen molar-refractivity contribution >= 4 is 15.7 Å². The Labute approximate surface area is 103 Å². The first kappa shape index (κ1) is 14.4. The highest BCUT2D eigenvalue weighted by molar-refractivity contribution is 7.91. The van der Waals surface area contributed by atoms with E-state index in [1.54, 1.807) is 0 Å². The summed E-state index contributed by atoms with van der Waals surface area (Å²) in [4.78, 5) is 11.1. The van der Waals surface area contributed by atoms with E-state index in [1.807, 2.05) is 6.92 Å². The van der Waals surface area contributed by atoms with Gasteiger partial charge in [0.2, 0.25) is 5.91 Å². The van der Waals surface area contributed by atoms with E-state index in [4.69, 9.17) is 0 Å². The number of sulfone groups is 1. The average Bonchev–Trinajstić information content (AvgIpc) is 2.58. The van der Waals surface area contributed by atoms with E-state index in [1.165, 1.54) is 0 Å². The monoisotopic (exact) mass is 262 g/mol. The summed E-state index contributed by atoms with van der Waals surface area (Å²) in [6.07, 6.45) is 2.99. The zero-order chi connectivity index (χ0) is 12.7. The van der Waals surface area contributed by atoms with Crippen LogP contribution in [0.25, 0.3) is 0 Å². The number of nitrogens with one attached hydrogen (secondary N) is 2. The molecule has 1 amide bonds. The SMILES string of the molecule is CCCC(=O)NCCCNC1CCS(=O)(=O)C1. The molecule has 0 aromatic heterocycles. The molecule has 1 aliphatic heterocycles. The van der Waals surface area contributed by atoms with Gasteiger partial charge in [0.05, 0.1) is 11.5 Å². The normalized spacial score (nSPS) is 22.5. The largest absolute Gasteiger partial charge is 0.356 e. The summed E-state index contributed by atoms with van der Waals surface area (Å²) in [6.45, 7) is 3.39. The van der Waals surface area contributed by atoms with Crippen molar-refractivity contribution in [1.82, 2.24) is 10.6 Å². The minimum atomic E-state index is -2.79. The Morgan fingerprint density at radius 3 is 2.71 bits per heavy atom. The van der Waals surface area contributed by atoms with Gasteiger partial charge in [-0.2, -0.15) is 0 Å². The molecule has 17 heavy (non-hydrogen) atoms. The number of carbonyl (C=O) groups excluding carboxylic acids is 1. The van der Waals surface area contributed by atoms with Gasteiger partial charge >= 0.3 is 0 Å². The molecule has 1 aliphatic rings. The quantitative estimate of drug-likeness (QED) is 0.637. The average molecular weight is 262 g/mol. The molecule has 0 spiro atoms. The van der Waals surface area contributed by atoms with Gasteiger partial charge in [0.1, 0.15) is 0 Å². The van der Waals surface area contributed by atoms with Crippen molar-refractivity contribution in [3.63, 3.8) is 0 Å². The Bertz CT molecular complexity index is 341. The third-order valence-electron chi connectivity index (χ3n) is 2.82. The topological polar surface area (TPSA) is 75.3 Å². The van der Waals surface area contributed by atoms with E-state index in [0.717, 1.165) is 19.4 Å². The van der Waals surface area contributed by atoms with Crippen molar-refractivity contribution < 1.29 is 13.2 Å². The lowest BCUT2D eigenvalue weighted by Crippen LogP contribution is -2.33. The van der Waals surface area contributed by atoms with Gasteiger partial charge in [0, 0.05) is 19.0 Å². The molecule has 6 heteroatoms. The Hall–Kier alpha value is -0.620.